The molecule has 1 rings (SSSR count). The van der Waals surface area contributed by atoms with E-state index in [2.05, 4.69) is 9.80 Å². The van der Waals surface area contributed by atoms with E-state index in [9.17, 15) is 43.2 Å². The molecule has 0 unspecified atom stereocenters. The maximum Gasteiger partial charge on any atom is 0.522 e. The molecule has 0 saturated carbocycles. The van der Waals surface area contributed by atoms with E-state index in [-0.39, 0.29) is 11.5 Å². The minimum Gasteiger partial charge on any atom is -0.301 e. The molecule has 1 aliphatic rings. The van der Waals surface area contributed by atoms with Crippen LogP contribution in [0, 0.1) is 0 Å². The molecule has 0 amide bonds. The monoisotopic (exact) mass is 630 g/mol. The molecule has 0 bridgehead atoms. The van der Waals surface area contributed by atoms with Crippen molar-refractivity contribution < 1.29 is 78.2 Å². The lowest BCUT2D eigenvalue weighted by atomic mass is 10.3. The first-order chi connectivity index (χ1) is 15.7. The standard InChI is InChI=1S/C10H22N2O6S2.2CHF3O3S/c13-19(14,15)9-1-3-11-5-7-12(8-6-11)4-2-10-20(16,17)18;2*2-1(3,4)8(5,6)7/h1-10H2,(H,13,14,15)(H,16,17,18);2*(H,5,6,7). The summed E-state index contributed by atoms with van der Waals surface area (Å²) in [5.41, 5.74) is -11.1. The Labute approximate surface area is 203 Å². The topological polar surface area (TPSA) is 224 Å². The Morgan fingerprint density at radius 1 is 0.528 bits per heavy atom. The summed E-state index contributed by atoms with van der Waals surface area (Å²) in [4.78, 5) is 4.23. The number of hydrogen-bond acceptors (Lipinski definition) is 10. The molecule has 0 atom stereocenters. The summed E-state index contributed by atoms with van der Waals surface area (Å²) in [6, 6.07) is 0. The van der Waals surface area contributed by atoms with Crippen molar-refractivity contribution in [3.8, 4) is 0 Å². The Hall–Kier alpha value is -0.860. The van der Waals surface area contributed by atoms with Crippen molar-refractivity contribution in [2.45, 2.75) is 23.9 Å². The van der Waals surface area contributed by atoms with Crippen molar-refractivity contribution >= 4 is 40.5 Å². The van der Waals surface area contributed by atoms with E-state index in [0.717, 1.165) is 26.2 Å². The zero-order chi connectivity index (χ0) is 29.2. The SMILES string of the molecule is O=S(=O)(O)C(F)(F)F.O=S(=O)(O)C(F)(F)F.O=S(=O)(O)CCCN1CCN(CCCS(=O)(=O)O)CC1. The Morgan fingerprint density at radius 3 is 0.861 bits per heavy atom. The Kier molecular flexibility index (Phi) is 14.9. The highest BCUT2D eigenvalue weighted by Crippen LogP contribution is 2.21. The Bertz CT molecular complexity index is 992. The van der Waals surface area contributed by atoms with Gasteiger partial charge < -0.3 is 9.80 Å². The van der Waals surface area contributed by atoms with Crippen molar-refractivity contribution in [3.63, 3.8) is 0 Å². The third-order valence-electron chi connectivity index (χ3n) is 3.80. The van der Waals surface area contributed by atoms with Crippen LogP contribution in [0.15, 0.2) is 0 Å². The fourth-order valence-corrected chi connectivity index (χ4v) is 3.17. The van der Waals surface area contributed by atoms with Crippen LogP contribution in [-0.2, 0) is 40.5 Å². The molecule has 0 spiro atoms. The molecular weight excluding hydrogens is 606 g/mol. The molecule has 1 fully saturated rings. The van der Waals surface area contributed by atoms with E-state index < -0.39 is 51.5 Å². The molecule has 36 heavy (non-hydrogen) atoms. The van der Waals surface area contributed by atoms with Crippen LogP contribution in [0.3, 0.4) is 0 Å². The average Bonchev–Trinajstić information content (AvgIpc) is 2.58. The first kappa shape index (κ1) is 37.3. The highest BCUT2D eigenvalue weighted by molar-refractivity contribution is 7.87. The van der Waals surface area contributed by atoms with E-state index in [0.29, 0.717) is 25.9 Å². The first-order valence-electron chi connectivity index (χ1n) is 9.08. The summed E-state index contributed by atoms with van der Waals surface area (Å²) in [5.74, 6) is -0.441. The van der Waals surface area contributed by atoms with Crippen molar-refractivity contribution in [2.24, 2.45) is 0 Å². The molecule has 1 aliphatic heterocycles. The van der Waals surface area contributed by atoms with Crippen molar-refractivity contribution in [3.05, 3.63) is 0 Å². The third-order valence-corrected chi connectivity index (χ3v) is 6.58. The second kappa shape index (κ2) is 14.3. The third kappa shape index (κ3) is 20.2. The molecule has 0 aromatic rings. The fourth-order valence-electron chi connectivity index (χ4n) is 2.18. The van der Waals surface area contributed by atoms with Gasteiger partial charge in [0.1, 0.15) is 0 Å². The van der Waals surface area contributed by atoms with Gasteiger partial charge in [-0.05, 0) is 25.9 Å². The summed E-state index contributed by atoms with van der Waals surface area (Å²) < 4.78 is 175. The lowest BCUT2D eigenvalue weighted by Gasteiger charge is -2.34. The Morgan fingerprint density at radius 2 is 0.722 bits per heavy atom. The van der Waals surface area contributed by atoms with Gasteiger partial charge in [0.15, 0.2) is 0 Å². The lowest BCUT2D eigenvalue weighted by molar-refractivity contribution is -0.0514. The van der Waals surface area contributed by atoms with Crippen molar-refractivity contribution in [2.75, 3.05) is 50.8 Å². The van der Waals surface area contributed by atoms with E-state index in [1.165, 1.54) is 0 Å². The lowest BCUT2D eigenvalue weighted by Crippen LogP contribution is -2.47. The van der Waals surface area contributed by atoms with Gasteiger partial charge in [0.25, 0.3) is 20.2 Å². The van der Waals surface area contributed by atoms with E-state index in [1.54, 1.807) is 0 Å². The van der Waals surface area contributed by atoms with Crippen LogP contribution in [0.4, 0.5) is 26.3 Å². The number of nitrogens with zero attached hydrogens (tertiary/aromatic N) is 2. The number of halogens is 6. The summed E-state index contributed by atoms with van der Waals surface area (Å²) in [6.07, 6.45) is 0.809. The van der Waals surface area contributed by atoms with Crippen molar-refractivity contribution in [1.82, 2.24) is 9.80 Å². The molecule has 14 nitrogen and oxygen atoms in total. The molecule has 0 aromatic carbocycles. The Balaban J connectivity index is 0. The fraction of sp³-hybridized carbons (Fsp3) is 1.00. The number of alkyl halides is 6. The minimum absolute atomic E-state index is 0.221. The predicted molar refractivity (Wildman–Crippen MR) is 110 cm³/mol. The summed E-state index contributed by atoms with van der Waals surface area (Å²) in [7, 11) is -19.4. The maximum atomic E-state index is 10.7. The normalized spacial score (nSPS) is 16.9. The quantitative estimate of drug-likeness (QED) is 0.157. The molecule has 0 radical (unpaired) electrons. The largest absolute Gasteiger partial charge is 0.522 e. The van der Waals surface area contributed by atoms with Gasteiger partial charge in [-0.15, -0.1) is 0 Å². The molecular formula is C12H24F6N2O12S4. The average molecular weight is 631 g/mol. The van der Waals surface area contributed by atoms with Crippen LogP contribution in [0.1, 0.15) is 12.8 Å². The second-order valence-corrected chi connectivity index (χ2v) is 12.8. The first-order valence-corrected chi connectivity index (χ1v) is 15.2. The van der Waals surface area contributed by atoms with Crippen LogP contribution in [0.25, 0.3) is 0 Å². The maximum absolute atomic E-state index is 10.7. The number of hydrogen-bond donors (Lipinski definition) is 4. The molecule has 0 aliphatic carbocycles. The van der Waals surface area contributed by atoms with Gasteiger partial charge in [-0.2, -0.15) is 60.0 Å². The molecule has 24 heteroatoms. The second-order valence-electron chi connectivity index (χ2n) is 6.80. The van der Waals surface area contributed by atoms with Crippen LogP contribution < -0.4 is 0 Å². The minimum atomic E-state index is -5.84. The van der Waals surface area contributed by atoms with E-state index in [1.807, 2.05) is 0 Å². The van der Waals surface area contributed by atoms with E-state index >= 15 is 0 Å². The molecule has 1 saturated heterocycles. The van der Waals surface area contributed by atoms with Gasteiger partial charge in [-0.1, -0.05) is 0 Å². The highest BCUT2D eigenvalue weighted by atomic mass is 32.2. The van der Waals surface area contributed by atoms with Gasteiger partial charge in [0.05, 0.1) is 11.5 Å². The van der Waals surface area contributed by atoms with Gasteiger partial charge in [-0.3, -0.25) is 18.2 Å². The summed E-state index contributed by atoms with van der Waals surface area (Å²) in [5, 5.41) is 0. The van der Waals surface area contributed by atoms with Crippen LogP contribution in [0.5, 0.6) is 0 Å². The van der Waals surface area contributed by atoms with Gasteiger partial charge >= 0.3 is 31.3 Å². The number of piperazine rings is 1. The van der Waals surface area contributed by atoms with Crippen LogP contribution in [0.2, 0.25) is 0 Å². The molecule has 0 aromatic heterocycles. The smallest absolute Gasteiger partial charge is 0.301 e. The van der Waals surface area contributed by atoms with Crippen LogP contribution in [-0.4, -0.2) is 123 Å². The van der Waals surface area contributed by atoms with Crippen LogP contribution >= 0.6 is 0 Å². The van der Waals surface area contributed by atoms with E-state index in [4.69, 9.17) is 35.0 Å². The zero-order valence-corrected chi connectivity index (χ0v) is 21.2. The van der Waals surface area contributed by atoms with Gasteiger partial charge in [-0.25, -0.2) is 0 Å². The molecule has 1 heterocycles. The number of rotatable bonds is 8. The predicted octanol–water partition coefficient (Wildman–Crippen LogP) is -0.0522. The van der Waals surface area contributed by atoms with Crippen molar-refractivity contribution in [1.29, 1.82) is 0 Å². The van der Waals surface area contributed by atoms with Gasteiger partial charge in [0.2, 0.25) is 0 Å². The summed E-state index contributed by atoms with van der Waals surface area (Å²) in [6.45, 7) is 4.40. The molecule has 220 valence electrons. The molecule has 4 N–H and O–H groups in total. The van der Waals surface area contributed by atoms with Gasteiger partial charge in [0, 0.05) is 26.2 Å². The summed E-state index contributed by atoms with van der Waals surface area (Å²) >= 11 is 0. The zero-order valence-electron chi connectivity index (χ0n) is 17.9. The highest BCUT2D eigenvalue weighted by Gasteiger charge is 2.45.